The maximum Gasteiger partial charge on any atom is 0.261 e. The Kier molecular flexibility index (Phi) is 8.24. The van der Waals surface area contributed by atoms with Gasteiger partial charge in [0.25, 0.3) is 5.56 Å². The Bertz CT molecular complexity index is 1340. The van der Waals surface area contributed by atoms with Crippen molar-refractivity contribution >= 4 is 26.8 Å². The summed E-state index contributed by atoms with van der Waals surface area (Å²) in [7, 11) is 1.64. The molecule has 1 aromatic heterocycles. The third-order valence-corrected chi connectivity index (χ3v) is 6.69. The standard InChI is InChI=1S/C29H31BrN2O3/c1-20-18-21(2)27(25(30)19-20)35-17-9-5-4-8-16-32-28(22-12-14-23(34-3)15-13-22)31-26-11-7-6-10-24(26)29(32)33/h6-7,10-15,18-19H,4-5,8-9,16-17H2,1-3H3. The first-order valence-electron chi connectivity index (χ1n) is 12.0. The maximum absolute atomic E-state index is 13.3. The van der Waals surface area contributed by atoms with E-state index in [9.17, 15) is 4.79 Å². The topological polar surface area (TPSA) is 53.3 Å². The van der Waals surface area contributed by atoms with Crippen LogP contribution in [0, 0.1) is 13.8 Å². The van der Waals surface area contributed by atoms with E-state index in [-0.39, 0.29) is 5.56 Å². The molecule has 0 atom stereocenters. The van der Waals surface area contributed by atoms with E-state index in [1.165, 1.54) is 5.56 Å². The number of aromatic nitrogens is 2. The predicted octanol–water partition coefficient (Wildman–Crippen LogP) is 7.09. The van der Waals surface area contributed by atoms with Crippen molar-refractivity contribution in [1.29, 1.82) is 0 Å². The van der Waals surface area contributed by atoms with Crippen molar-refractivity contribution in [2.24, 2.45) is 0 Å². The number of para-hydroxylation sites is 1. The average molecular weight is 535 g/mol. The molecule has 0 radical (unpaired) electrons. The minimum atomic E-state index is 0.00412. The number of aryl methyl sites for hydroxylation is 2. The second kappa shape index (κ2) is 11.5. The summed E-state index contributed by atoms with van der Waals surface area (Å²) in [5.74, 6) is 2.39. The third-order valence-electron chi connectivity index (χ3n) is 6.11. The average Bonchev–Trinajstić information content (AvgIpc) is 2.85. The van der Waals surface area contributed by atoms with Gasteiger partial charge in [-0.15, -0.1) is 0 Å². The van der Waals surface area contributed by atoms with Crippen molar-refractivity contribution in [2.45, 2.75) is 46.1 Å². The smallest absolute Gasteiger partial charge is 0.261 e. The summed E-state index contributed by atoms with van der Waals surface area (Å²) in [4.78, 5) is 18.2. The molecule has 0 aliphatic carbocycles. The van der Waals surface area contributed by atoms with Crippen molar-refractivity contribution in [1.82, 2.24) is 9.55 Å². The van der Waals surface area contributed by atoms with Gasteiger partial charge in [0, 0.05) is 12.1 Å². The summed E-state index contributed by atoms with van der Waals surface area (Å²) in [6.45, 7) is 5.46. The summed E-state index contributed by atoms with van der Waals surface area (Å²) in [5.41, 5.74) is 3.99. The quantitative estimate of drug-likeness (QED) is 0.204. The van der Waals surface area contributed by atoms with E-state index < -0.39 is 0 Å². The van der Waals surface area contributed by atoms with Crippen molar-refractivity contribution in [3.63, 3.8) is 0 Å². The molecule has 6 heteroatoms. The zero-order valence-corrected chi connectivity index (χ0v) is 22.1. The van der Waals surface area contributed by atoms with Crippen LogP contribution in [0.3, 0.4) is 0 Å². The zero-order valence-electron chi connectivity index (χ0n) is 20.5. The van der Waals surface area contributed by atoms with Crippen LogP contribution in [0.25, 0.3) is 22.3 Å². The second-order valence-corrected chi connectivity index (χ2v) is 9.65. The molecule has 0 saturated heterocycles. The Balaban J connectivity index is 1.40. The molecule has 0 amide bonds. The number of ether oxygens (including phenoxy) is 2. The van der Waals surface area contributed by atoms with Gasteiger partial charge in [-0.1, -0.05) is 31.0 Å². The lowest BCUT2D eigenvalue weighted by atomic mass is 10.1. The number of hydrogen-bond donors (Lipinski definition) is 0. The van der Waals surface area contributed by atoms with Gasteiger partial charge in [-0.25, -0.2) is 4.98 Å². The van der Waals surface area contributed by atoms with E-state index >= 15 is 0 Å². The minimum Gasteiger partial charge on any atom is -0.497 e. The van der Waals surface area contributed by atoms with E-state index in [0.29, 0.717) is 29.9 Å². The SMILES string of the molecule is COc1ccc(-c2nc3ccccc3c(=O)n2CCCCCCOc2c(C)cc(C)cc2Br)cc1. The van der Waals surface area contributed by atoms with E-state index in [1.54, 1.807) is 7.11 Å². The molecular formula is C29H31BrN2O3. The van der Waals surface area contributed by atoms with Gasteiger partial charge in [-0.05, 0) is 96.2 Å². The van der Waals surface area contributed by atoms with Gasteiger partial charge in [0.15, 0.2) is 0 Å². The first-order valence-corrected chi connectivity index (χ1v) is 12.8. The fourth-order valence-corrected chi connectivity index (χ4v) is 5.11. The summed E-state index contributed by atoms with van der Waals surface area (Å²) in [6, 6.07) is 19.5. The zero-order chi connectivity index (χ0) is 24.8. The van der Waals surface area contributed by atoms with Crippen molar-refractivity contribution in [2.75, 3.05) is 13.7 Å². The summed E-state index contributed by atoms with van der Waals surface area (Å²) >= 11 is 3.61. The molecule has 0 bridgehead atoms. The number of fused-ring (bicyclic) bond motifs is 1. The summed E-state index contributed by atoms with van der Waals surface area (Å²) in [6.07, 6.45) is 3.92. The van der Waals surface area contributed by atoms with Crippen molar-refractivity contribution in [3.8, 4) is 22.9 Å². The lowest BCUT2D eigenvalue weighted by molar-refractivity contribution is 0.300. The van der Waals surface area contributed by atoms with Gasteiger partial charge in [-0.3, -0.25) is 9.36 Å². The molecule has 0 fully saturated rings. The van der Waals surface area contributed by atoms with Crippen LogP contribution >= 0.6 is 15.9 Å². The van der Waals surface area contributed by atoms with Crippen molar-refractivity contribution < 1.29 is 9.47 Å². The van der Waals surface area contributed by atoms with Crippen LogP contribution in [-0.2, 0) is 6.54 Å². The van der Waals surface area contributed by atoms with E-state index in [2.05, 4.69) is 41.9 Å². The van der Waals surface area contributed by atoms with Crippen LogP contribution in [0.5, 0.6) is 11.5 Å². The Hall–Kier alpha value is -3.12. The van der Waals surface area contributed by atoms with Crippen LogP contribution in [0.15, 0.2) is 69.9 Å². The fraction of sp³-hybridized carbons (Fsp3) is 0.310. The molecule has 4 rings (SSSR count). The number of halogens is 1. The number of hydrogen-bond acceptors (Lipinski definition) is 4. The molecule has 0 aliphatic heterocycles. The Labute approximate surface area is 214 Å². The minimum absolute atomic E-state index is 0.00412. The molecule has 0 saturated carbocycles. The van der Waals surface area contributed by atoms with Gasteiger partial charge < -0.3 is 9.47 Å². The Morgan fingerprint density at radius 2 is 1.69 bits per heavy atom. The van der Waals surface area contributed by atoms with Crippen molar-refractivity contribution in [3.05, 3.63) is 86.6 Å². The molecule has 0 N–H and O–H groups in total. The van der Waals surface area contributed by atoms with Gasteiger partial charge >= 0.3 is 0 Å². The van der Waals surface area contributed by atoms with Crippen LogP contribution in [-0.4, -0.2) is 23.3 Å². The molecule has 1 heterocycles. The molecule has 0 spiro atoms. The van der Waals surface area contributed by atoms with E-state index in [0.717, 1.165) is 52.8 Å². The van der Waals surface area contributed by atoms with Gasteiger partial charge in [0.2, 0.25) is 0 Å². The largest absolute Gasteiger partial charge is 0.497 e. The number of methoxy groups -OCH3 is 1. The number of benzene rings is 3. The predicted molar refractivity (Wildman–Crippen MR) is 146 cm³/mol. The highest BCUT2D eigenvalue weighted by molar-refractivity contribution is 9.10. The van der Waals surface area contributed by atoms with Crippen LogP contribution in [0.1, 0.15) is 36.8 Å². The Morgan fingerprint density at radius 1 is 0.943 bits per heavy atom. The van der Waals surface area contributed by atoms with Crippen LogP contribution < -0.4 is 15.0 Å². The van der Waals surface area contributed by atoms with Gasteiger partial charge in [0.05, 0.1) is 29.1 Å². The lowest BCUT2D eigenvalue weighted by Crippen LogP contribution is -2.23. The number of unbranched alkanes of at least 4 members (excludes halogenated alkanes) is 3. The number of nitrogens with zero attached hydrogens (tertiary/aromatic N) is 2. The molecular weight excluding hydrogens is 504 g/mol. The molecule has 182 valence electrons. The highest BCUT2D eigenvalue weighted by Crippen LogP contribution is 2.30. The Morgan fingerprint density at radius 3 is 2.43 bits per heavy atom. The normalized spacial score (nSPS) is 11.1. The molecule has 0 unspecified atom stereocenters. The highest BCUT2D eigenvalue weighted by atomic mass is 79.9. The molecule has 35 heavy (non-hydrogen) atoms. The fourth-order valence-electron chi connectivity index (χ4n) is 4.32. The van der Waals surface area contributed by atoms with E-state index in [1.807, 2.05) is 53.1 Å². The monoisotopic (exact) mass is 534 g/mol. The lowest BCUT2D eigenvalue weighted by Gasteiger charge is -2.14. The van der Waals surface area contributed by atoms with Gasteiger partial charge in [0.1, 0.15) is 17.3 Å². The second-order valence-electron chi connectivity index (χ2n) is 8.79. The van der Waals surface area contributed by atoms with Gasteiger partial charge in [-0.2, -0.15) is 0 Å². The summed E-state index contributed by atoms with van der Waals surface area (Å²) in [5, 5.41) is 0.650. The molecule has 4 aromatic rings. The molecule has 0 aliphatic rings. The molecule has 3 aromatic carbocycles. The molecule has 5 nitrogen and oxygen atoms in total. The van der Waals surface area contributed by atoms with E-state index in [4.69, 9.17) is 14.5 Å². The first-order chi connectivity index (χ1) is 17.0. The summed E-state index contributed by atoms with van der Waals surface area (Å²) < 4.78 is 14.1. The van der Waals surface area contributed by atoms with Crippen LogP contribution in [0.2, 0.25) is 0 Å². The number of rotatable bonds is 10. The highest BCUT2D eigenvalue weighted by Gasteiger charge is 2.13. The van der Waals surface area contributed by atoms with Crippen LogP contribution in [0.4, 0.5) is 0 Å². The maximum atomic E-state index is 13.3. The first kappa shape index (κ1) is 25.0. The third kappa shape index (κ3) is 5.93.